The van der Waals surface area contributed by atoms with Crippen LogP contribution in [0.15, 0.2) is 162 Å². The van der Waals surface area contributed by atoms with Crippen LogP contribution in [0.25, 0.3) is 22.3 Å². The molecule has 2 aromatic heterocycles. The van der Waals surface area contributed by atoms with E-state index in [2.05, 4.69) is 88.1 Å². The molecule has 4 aromatic carbocycles. The minimum absolute atomic E-state index is 0.156. The minimum Gasteiger partial charge on any atom is -0.399 e. The number of aliphatic imine (C=N–C) groups is 1. The Bertz CT molecular complexity index is 2640. The molecule has 0 radical (unpaired) electrons. The monoisotopic (exact) mass is 676 g/mol. The van der Waals surface area contributed by atoms with Gasteiger partial charge >= 0.3 is 0 Å². The summed E-state index contributed by atoms with van der Waals surface area (Å²) in [6.07, 6.45) is 8.54. The van der Waals surface area contributed by atoms with E-state index in [9.17, 15) is 0 Å². The second kappa shape index (κ2) is 12.3. The average Bonchev–Trinajstić information content (AvgIpc) is 3.99. The maximum atomic E-state index is 6.16. The van der Waals surface area contributed by atoms with E-state index in [4.69, 9.17) is 27.9 Å². The number of anilines is 4. The molecule has 1 unspecified atom stereocenters. The number of rotatable bonds is 4. The molecule has 0 saturated heterocycles. The molecule has 0 aliphatic carbocycles. The molecule has 252 valence electrons. The first-order valence-corrected chi connectivity index (χ1v) is 17.2. The van der Waals surface area contributed by atoms with Crippen LogP contribution in [0, 0.1) is 0 Å². The molecule has 8 heteroatoms. The lowest BCUT2D eigenvalue weighted by Gasteiger charge is -2.19. The Morgan fingerprint density at radius 2 is 0.942 bits per heavy atom. The zero-order chi connectivity index (χ0) is 35.3. The summed E-state index contributed by atoms with van der Waals surface area (Å²) in [6, 6.07) is 40.2. The largest absolute Gasteiger partial charge is 0.399 e. The third-order valence-electron chi connectivity index (χ3n) is 9.79. The first kappa shape index (κ1) is 30.8. The van der Waals surface area contributed by atoms with Crippen LogP contribution >= 0.6 is 0 Å². The molecule has 52 heavy (non-hydrogen) atoms. The number of hydrogen-bond acceptors (Lipinski definition) is 6. The Hall–Kier alpha value is -7.19. The summed E-state index contributed by atoms with van der Waals surface area (Å²) in [5.74, 6) is 0. The van der Waals surface area contributed by atoms with E-state index < -0.39 is 0 Å². The Balaban J connectivity index is 1.38. The first-order chi connectivity index (χ1) is 25.4. The maximum absolute atomic E-state index is 6.16. The van der Waals surface area contributed by atoms with E-state index in [1.165, 1.54) is 0 Å². The van der Waals surface area contributed by atoms with Gasteiger partial charge in [-0.3, -0.25) is 0 Å². The number of allylic oxidation sites excluding steroid dienone is 3. The van der Waals surface area contributed by atoms with E-state index in [0.717, 1.165) is 83.7 Å². The quantitative estimate of drug-likeness (QED) is 0.117. The molecule has 0 amide bonds. The SMILES string of the molecule is Nc1ccc(/C2=C3\C=CC(=N3)/C(c3ccc(N)cc3)=c3/cc/c([nH]3)=C(\c3ccc(N)cc3)C3C=C/C(=C(\c4ccc(N)cc4)c4ccc2[nH]4)N3)cc1. The van der Waals surface area contributed by atoms with Gasteiger partial charge in [-0.05, 0) is 113 Å². The van der Waals surface area contributed by atoms with Gasteiger partial charge in [0, 0.05) is 72.8 Å². The molecule has 8 nitrogen and oxygen atoms in total. The second-order valence-electron chi connectivity index (χ2n) is 13.2. The van der Waals surface area contributed by atoms with Gasteiger partial charge in [0.1, 0.15) is 0 Å². The molecule has 0 fully saturated rings. The van der Waals surface area contributed by atoms with Gasteiger partial charge in [0.2, 0.25) is 0 Å². The highest BCUT2D eigenvalue weighted by Gasteiger charge is 2.26. The van der Waals surface area contributed by atoms with E-state index >= 15 is 0 Å². The molecule has 1 atom stereocenters. The van der Waals surface area contributed by atoms with Crippen LogP contribution in [-0.4, -0.2) is 21.7 Å². The molecule has 3 aliphatic rings. The molecule has 0 saturated carbocycles. The number of hydrogen-bond donors (Lipinski definition) is 7. The third kappa shape index (κ3) is 5.48. The molecule has 11 N–H and O–H groups in total. The van der Waals surface area contributed by atoms with Gasteiger partial charge in [-0.1, -0.05) is 54.6 Å². The summed E-state index contributed by atoms with van der Waals surface area (Å²) in [4.78, 5) is 12.9. The predicted octanol–water partition coefficient (Wildman–Crippen LogP) is 5.84. The highest BCUT2D eigenvalue weighted by Crippen LogP contribution is 2.36. The van der Waals surface area contributed by atoms with E-state index in [0.29, 0.717) is 22.7 Å². The summed E-state index contributed by atoms with van der Waals surface area (Å²) in [7, 11) is 0. The number of nitrogen functional groups attached to an aromatic ring is 4. The molecular weight excluding hydrogens is 641 g/mol. The number of aromatic amines is 2. The van der Waals surface area contributed by atoms with Crippen LogP contribution in [0.4, 0.5) is 22.7 Å². The fraction of sp³-hybridized carbons (Fsp3) is 0.0227. The number of aromatic nitrogens is 2. The van der Waals surface area contributed by atoms with Gasteiger partial charge in [0.25, 0.3) is 0 Å². The Morgan fingerprint density at radius 3 is 1.54 bits per heavy atom. The molecular formula is C44H36N8. The van der Waals surface area contributed by atoms with Gasteiger partial charge in [-0.25, -0.2) is 4.99 Å². The lowest BCUT2D eigenvalue weighted by Crippen LogP contribution is -2.30. The van der Waals surface area contributed by atoms with Gasteiger partial charge < -0.3 is 38.2 Å². The van der Waals surface area contributed by atoms with Crippen molar-refractivity contribution in [3.05, 3.63) is 201 Å². The molecule has 3 aliphatic heterocycles. The van der Waals surface area contributed by atoms with Crippen molar-refractivity contribution in [2.45, 2.75) is 6.04 Å². The average molecular weight is 677 g/mol. The fourth-order valence-corrected chi connectivity index (χ4v) is 7.26. The zero-order valence-corrected chi connectivity index (χ0v) is 28.2. The molecule has 9 rings (SSSR count). The van der Waals surface area contributed by atoms with Gasteiger partial charge in [-0.15, -0.1) is 0 Å². The minimum atomic E-state index is -0.156. The summed E-state index contributed by atoms with van der Waals surface area (Å²) in [6.45, 7) is 0. The summed E-state index contributed by atoms with van der Waals surface area (Å²) >= 11 is 0. The van der Waals surface area contributed by atoms with E-state index in [1.807, 2.05) is 72.8 Å². The van der Waals surface area contributed by atoms with Crippen LogP contribution in [0.2, 0.25) is 0 Å². The molecule has 6 aromatic rings. The van der Waals surface area contributed by atoms with Crippen molar-refractivity contribution in [2.24, 2.45) is 4.99 Å². The van der Waals surface area contributed by atoms with Gasteiger partial charge in [0.05, 0.1) is 17.5 Å². The maximum Gasteiger partial charge on any atom is 0.0737 e. The number of benzene rings is 4. The second-order valence-corrected chi connectivity index (χ2v) is 13.2. The van der Waals surface area contributed by atoms with Crippen molar-refractivity contribution in [2.75, 3.05) is 22.9 Å². The van der Waals surface area contributed by atoms with Crippen LogP contribution in [-0.2, 0) is 0 Å². The fourth-order valence-electron chi connectivity index (χ4n) is 7.26. The van der Waals surface area contributed by atoms with Crippen molar-refractivity contribution in [3.63, 3.8) is 0 Å². The number of nitrogens with one attached hydrogen (secondary N) is 3. The van der Waals surface area contributed by atoms with Crippen LogP contribution in [0.3, 0.4) is 0 Å². The van der Waals surface area contributed by atoms with Gasteiger partial charge in [-0.2, -0.15) is 0 Å². The van der Waals surface area contributed by atoms with E-state index in [-0.39, 0.29) is 6.04 Å². The van der Waals surface area contributed by atoms with E-state index in [1.54, 1.807) is 0 Å². The number of H-pyrrole nitrogens is 2. The predicted molar refractivity (Wildman–Crippen MR) is 214 cm³/mol. The Labute approximate surface area is 300 Å². The number of nitrogens with zero attached hydrogens (tertiary/aromatic N) is 1. The Morgan fingerprint density at radius 1 is 0.442 bits per heavy atom. The standard InChI is InChI=1S/C44H36N8/c45-29-9-1-25(2-10-29)41-33-17-19-35(49-33)42(26-3-11-30(46)12-4-26)37-21-23-39(51-37)44(28-7-15-32(48)16-8-28)40-24-22-38(52-40)43(36-20-18-34(41)50-36)27-5-13-31(47)14-6-27/h1-24,33,49-51H,45-48H2/b41-34-,42-35-,43-36-,44-40-. The van der Waals surface area contributed by atoms with Crippen LogP contribution < -0.4 is 38.9 Å². The van der Waals surface area contributed by atoms with Crippen LogP contribution in [0.5, 0.6) is 0 Å². The highest BCUT2D eigenvalue weighted by molar-refractivity contribution is 6.30. The zero-order valence-electron chi connectivity index (χ0n) is 28.2. The number of fused-ring (bicyclic) bond motifs is 7. The smallest absolute Gasteiger partial charge is 0.0737 e. The van der Waals surface area contributed by atoms with Crippen molar-refractivity contribution >= 4 is 50.8 Å². The van der Waals surface area contributed by atoms with Crippen molar-refractivity contribution in [3.8, 4) is 0 Å². The molecule has 8 bridgehead atoms. The summed E-state index contributed by atoms with van der Waals surface area (Å²) < 4.78 is 0. The van der Waals surface area contributed by atoms with Crippen molar-refractivity contribution in [1.29, 1.82) is 0 Å². The summed E-state index contributed by atoms with van der Waals surface area (Å²) in [5.41, 5.74) is 40.0. The normalized spacial score (nSPS) is 21.3. The number of nitrogens with two attached hydrogens (primary N) is 4. The lowest BCUT2D eigenvalue weighted by atomic mass is 9.98. The van der Waals surface area contributed by atoms with Crippen molar-refractivity contribution in [1.82, 2.24) is 15.3 Å². The molecule has 5 heterocycles. The topological polar surface area (TPSA) is 160 Å². The molecule has 0 spiro atoms. The Kier molecular flexibility index (Phi) is 7.29. The first-order valence-electron chi connectivity index (χ1n) is 17.2. The highest BCUT2D eigenvalue weighted by atomic mass is 15.0. The third-order valence-corrected chi connectivity index (χ3v) is 9.79. The van der Waals surface area contributed by atoms with Crippen molar-refractivity contribution < 1.29 is 0 Å². The lowest BCUT2D eigenvalue weighted by molar-refractivity contribution is 0.855. The van der Waals surface area contributed by atoms with Crippen LogP contribution in [0.1, 0.15) is 33.6 Å². The van der Waals surface area contributed by atoms with Gasteiger partial charge in [0.15, 0.2) is 0 Å². The summed E-state index contributed by atoms with van der Waals surface area (Å²) in [5, 5.41) is 5.78.